The Kier molecular flexibility index (Phi) is 5.79. The zero-order chi connectivity index (χ0) is 15.1. The van der Waals surface area contributed by atoms with Gasteiger partial charge in [0.05, 0.1) is 5.92 Å². The molecule has 0 saturated carbocycles. The summed E-state index contributed by atoms with van der Waals surface area (Å²) in [4.78, 5) is 22.9. The molecule has 0 heterocycles. The molecule has 0 spiro atoms. The van der Waals surface area contributed by atoms with Crippen molar-refractivity contribution in [3.8, 4) is 12.3 Å². The average molecular weight is 273 g/mol. The van der Waals surface area contributed by atoms with Gasteiger partial charge < -0.3 is 10.4 Å². The van der Waals surface area contributed by atoms with Crippen LogP contribution in [0.1, 0.15) is 36.2 Å². The lowest BCUT2D eigenvalue weighted by atomic mass is 9.93. The van der Waals surface area contributed by atoms with Gasteiger partial charge in [-0.05, 0) is 36.6 Å². The number of carboxylic acid groups (broad SMARTS) is 1. The molecular weight excluding hydrogens is 254 g/mol. The zero-order valence-electron chi connectivity index (χ0n) is 11.7. The predicted molar refractivity (Wildman–Crippen MR) is 77.3 cm³/mol. The molecule has 0 saturated heterocycles. The van der Waals surface area contributed by atoms with Crippen molar-refractivity contribution in [2.75, 3.05) is 6.54 Å². The molecule has 1 aromatic rings. The summed E-state index contributed by atoms with van der Waals surface area (Å²) in [6, 6.07) is 6.70. The Morgan fingerprint density at radius 3 is 2.35 bits per heavy atom. The number of hydrogen-bond donors (Lipinski definition) is 2. The van der Waals surface area contributed by atoms with Crippen LogP contribution in [0.25, 0.3) is 0 Å². The first kappa shape index (κ1) is 15.8. The van der Waals surface area contributed by atoms with E-state index >= 15 is 0 Å². The van der Waals surface area contributed by atoms with E-state index in [1.165, 1.54) is 0 Å². The van der Waals surface area contributed by atoms with E-state index in [4.69, 9.17) is 11.5 Å². The molecule has 0 bridgehead atoms. The minimum Gasteiger partial charge on any atom is -0.481 e. The molecule has 0 unspecified atom stereocenters. The third-order valence-electron chi connectivity index (χ3n) is 3.18. The summed E-state index contributed by atoms with van der Waals surface area (Å²) >= 11 is 0. The number of carbonyl (C=O) groups is 2. The second kappa shape index (κ2) is 7.34. The van der Waals surface area contributed by atoms with Crippen LogP contribution in [-0.2, 0) is 4.79 Å². The molecule has 1 aromatic carbocycles. The highest BCUT2D eigenvalue weighted by Crippen LogP contribution is 2.14. The van der Waals surface area contributed by atoms with E-state index < -0.39 is 11.9 Å². The Labute approximate surface area is 119 Å². The van der Waals surface area contributed by atoms with E-state index in [0.29, 0.717) is 24.1 Å². The summed E-state index contributed by atoms with van der Waals surface area (Å²) in [7, 11) is 0. The van der Waals surface area contributed by atoms with Gasteiger partial charge in [0.25, 0.3) is 5.91 Å². The highest BCUT2D eigenvalue weighted by atomic mass is 16.4. The minimum absolute atomic E-state index is 0.0410. The maximum Gasteiger partial charge on any atom is 0.306 e. The Hall–Kier alpha value is -2.28. The molecule has 0 fully saturated rings. The molecule has 1 atom stereocenters. The molecule has 2 N–H and O–H groups in total. The number of nitrogens with one attached hydrogen (secondary N) is 1. The van der Waals surface area contributed by atoms with Crippen LogP contribution in [0, 0.1) is 24.2 Å². The normalized spacial score (nSPS) is 11.7. The minimum atomic E-state index is -0.826. The van der Waals surface area contributed by atoms with E-state index in [1.54, 1.807) is 24.3 Å². The van der Waals surface area contributed by atoms with Gasteiger partial charge >= 0.3 is 5.97 Å². The maximum atomic E-state index is 11.9. The Bertz CT molecular complexity index is 512. The van der Waals surface area contributed by atoms with Crippen molar-refractivity contribution < 1.29 is 14.7 Å². The van der Waals surface area contributed by atoms with Crippen LogP contribution in [0.5, 0.6) is 0 Å². The van der Waals surface area contributed by atoms with Gasteiger partial charge in [0.1, 0.15) is 0 Å². The van der Waals surface area contributed by atoms with Crippen LogP contribution in [0.2, 0.25) is 0 Å². The van der Waals surface area contributed by atoms with E-state index in [1.807, 2.05) is 13.8 Å². The fraction of sp³-hybridized carbons (Fsp3) is 0.375. The van der Waals surface area contributed by atoms with E-state index in [9.17, 15) is 9.59 Å². The summed E-state index contributed by atoms with van der Waals surface area (Å²) < 4.78 is 0. The van der Waals surface area contributed by atoms with Crippen molar-refractivity contribution in [2.24, 2.45) is 11.8 Å². The highest BCUT2D eigenvalue weighted by molar-refractivity contribution is 5.94. The molecule has 0 aliphatic heterocycles. The molecule has 0 aliphatic carbocycles. The number of terminal acetylenes is 1. The summed E-state index contributed by atoms with van der Waals surface area (Å²) in [6.45, 7) is 4.06. The Balaban J connectivity index is 2.51. The van der Waals surface area contributed by atoms with Crippen molar-refractivity contribution >= 4 is 11.9 Å². The van der Waals surface area contributed by atoms with Crippen LogP contribution in [0.15, 0.2) is 24.3 Å². The quantitative estimate of drug-likeness (QED) is 0.780. The summed E-state index contributed by atoms with van der Waals surface area (Å²) in [5.41, 5.74) is 1.23. The lowest BCUT2D eigenvalue weighted by molar-refractivity contribution is -0.143. The van der Waals surface area contributed by atoms with Crippen LogP contribution in [-0.4, -0.2) is 23.5 Å². The van der Waals surface area contributed by atoms with Crippen molar-refractivity contribution in [3.05, 3.63) is 35.4 Å². The molecule has 0 radical (unpaired) electrons. The average Bonchev–Trinajstić information content (AvgIpc) is 2.42. The van der Waals surface area contributed by atoms with Crippen LogP contribution in [0.4, 0.5) is 0 Å². The second-order valence-corrected chi connectivity index (χ2v) is 4.96. The number of hydrogen-bond acceptors (Lipinski definition) is 2. The fourth-order valence-corrected chi connectivity index (χ4v) is 1.90. The van der Waals surface area contributed by atoms with Gasteiger partial charge in [-0.2, -0.15) is 0 Å². The maximum absolute atomic E-state index is 11.9. The second-order valence-electron chi connectivity index (χ2n) is 4.96. The third kappa shape index (κ3) is 4.43. The van der Waals surface area contributed by atoms with E-state index in [-0.39, 0.29) is 11.8 Å². The van der Waals surface area contributed by atoms with Gasteiger partial charge in [0.2, 0.25) is 0 Å². The first-order valence-corrected chi connectivity index (χ1v) is 6.53. The SMILES string of the molecule is C#Cc1ccc(C(=O)NCC[C@H](C(=O)O)C(C)C)cc1. The lowest BCUT2D eigenvalue weighted by Gasteiger charge is -2.16. The topological polar surface area (TPSA) is 66.4 Å². The number of amides is 1. The van der Waals surface area contributed by atoms with Gasteiger partial charge in [0, 0.05) is 17.7 Å². The Morgan fingerprint density at radius 2 is 1.90 bits per heavy atom. The largest absolute Gasteiger partial charge is 0.481 e. The number of benzene rings is 1. The smallest absolute Gasteiger partial charge is 0.306 e. The van der Waals surface area contributed by atoms with Gasteiger partial charge in [-0.25, -0.2) is 0 Å². The van der Waals surface area contributed by atoms with Crippen LogP contribution < -0.4 is 5.32 Å². The van der Waals surface area contributed by atoms with Gasteiger partial charge in [-0.3, -0.25) is 9.59 Å². The molecule has 4 heteroatoms. The summed E-state index contributed by atoms with van der Waals surface area (Å²) in [6.07, 6.45) is 5.66. The summed E-state index contributed by atoms with van der Waals surface area (Å²) in [5, 5.41) is 11.8. The van der Waals surface area contributed by atoms with Crippen LogP contribution in [0.3, 0.4) is 0 Å². The van der Waals surface area contributed by atoms with Crippen molar-refractivity contribution in [1.82, 2.24) is 5.32 Å². The highest BCUT2D eigenvalue weighted by Gasteiger charge is 2.21. The third-order valence-corrected chi connectivity index (χ3v) is 3.18. The fourth-order valence-electron chi connectivity index (χ4n) is 1.90. The molecule has 0 aromatic heterocycles. The monoisotopic (exact) mass is 273 g/mol. The molecule has 1 rings (SSSR count). The zero-order valence-corrected chi connectivity index (χ0v) is 11.7. The standard InChI is InChI=1S/C16H19NO3/c1-4-12-5-7-13(8-6-12)15(18)17-10-9-14(11(2)3)16(19)20/h1,5-8,11,14H,9-10H2,2-3H3,(H,17,18)(H,19,20)/t14-/m0/s1. The van der Waals surface area contributed by atoms with Crippen molar-refractivity contribution in [1.29, 1.82) is 0 Å². The van der Waals surface area contributed by atoms with E-state index in [2.05, 4.69) is 11.2 Å². The molecule has 1 amide bonds. The van der Waals surface area contributed by atoms with E-state index in [0.717, 1.165) is 0 Å². The van der Waals surface area contributed by atoms with Gasteiger partial charge in [0.15, 0.2) is 0 Å². The van der Waals surface area contributed by atoms with Crippen molar-refractivity contribution in [2.45, 2.75) is 20.3 Å². The molecule has 0 aliphatic rings. The number of rotatable bonds is 6. The molecule has 4 nitrogen and oxygen atoms in total. The predicted octanol–water partition coefficient (Wildman–Crippen LogP) is 2.14. The molecular formula is C16H19NO3. The lowest BCUT2D eigenvalue weighted by Crippen LogP contribution is -2.29. The number of carbonyl (C=O) groups excluding carboxylic acids is 1. The Morgan fingerprint density at radius 1 is 1.30 bits per heavy atom. The van der Waals surface area contributed by atoms with Gasteiger partial charge in [-0.1, -0.05) is 19.8 Å². The number of carboxylic acids is 1. The summed E-state index contributed by atoms with van der Waals surface area (Å²) in [5.74, 6) is 1.03. The molecule has 20 heavy (non-hydrogen) atoms. The van der Waals surface area contributed by atoms with Gasteiger partial charge in [-0.15, -0.1) is 6.42 Å². The van der Waals surface area contributed by atoms with Crippen LogP contribution >= 0.6 is 0 Å². The number of aliphatic carboxylic acids is 1. The first-order valence-electron chi connectivity index (χ1n) is 6.53. The molecule has 106 valence electrons. The van der Waals surface area contributed by atoms with Crippen molar-refractivity contribution in [3.63, 3.8) is 0 Å². The first-order chi connectivity index (χ1) is 9.45.